The minimum Gasteiger partial charge on any atom is -0.432 e. The molecular formula is C15H12O2. The van der Waals surface area contributed by atoms with Gasteiger partial charge in [-0.1, -0.05) is 49.0 Å². The van der Waals surface area contributed by atoms with Crippen LogP contribution >= 0.6 is 0 Å². The maximum Gasteiger partial charge on any atom is 0.335 e. The van der Waals surface area contributed by atoms with E-state index in [1.807, 2.05) is 42.5 Å². The molecule has 2 heteroatoms. The Morgan fingerprint density at radius 3 is 2.71 bits per heavy atom. The van der Waals surface area contributed by atoms with Crippen LogP contribution in [0.15, 0.2) is 61.4 Å². The van der Waals surface area contributed by atoms with Crippen molar-refractivity contribution in [2.45, 2.75) is 0 Å². The number of carbonyl (C=O) groups is 1. The van der Waals surface area contributed by atoms with E-state index in [1.54, 1.807) is 6.08 Å². The van der Waals surface area contributed by atoms with Crippen LogP contribution in [-0.2, 0) is 9.53 Å². The van der Waals surface area contributed by atoms with Crippen LogP contribution in [0.25, 0.3) is 16.8 Å². The lowest BCUT2D eigenvalue weighted by molar-refractivity contribution is -0.132. The lowest BCUT2D eigenvalue weighted by Crippen LogP contribution is -1.92. The molecule has 0 fully saturated rings. The van der Waals surface area contributed by atoms with Crippen molar-refractivity contribution in [1.29, 1.82) is 0 Å². The minimum atomic E-state index is -0.423. The summed E-state index contributed by atoms with van der Waals surface area (Å²) in [5.41, 5.74) is 0.990. The second-order valence-corrected chi connectivity index (χ2v) is 3.51. The van der Waals surface area contributed by atoms with Gasteiger partial charge < -0.3 is 4.74 Å². The Hall–Kier alpha value is -2.35. The van der Waals surface area contributed by atoms with Gasteiger partial charge in [0.1, 0.15) is 0 Å². The highest BCUT2D eigenvalue weighted by Gasteiger charge is 1.98. The van der Waals surface area contributed by atoms with Crippen LogP contribution in [0.3, 0.4) is 0 Å². The molecule has 0 bridgehead atoms. The van der Waals surface area contributed by atoms with E-state index in [1.165, 1.54) is 6.08 Å². The molecule has 2 nitrogen and oxygen atoms in total. The van der Waals surface area contributed by atoms with Gasteiger partial charge in [0.15, 0.2) is 0 Å². The molecule has 0 amide bonds. The maximum atomic E-state index is 11.2. The first kappa shape index (κ1) is 11.1. The van der Waals surface area contributed by atoms with Gasteiger partial charge in [-0.2, -0.15) is 0 Å². The summed E-state index contributed by atoms with van der Waals surface area (Å²) in [6.45, 7) is 3.33. The van der Waals surface area contributed by atoms with Crippen LogP contribution < -0.4 is 0 Å². The Labute approximate surface area is 99.8 Å². The first-order chi connectivity index (χ1) is 8.31. The number of hydrogen-bond acceptors (Lipinski definition) is 2. The van der Waals surface area contributed by atoms with Gasteiger partial charge in [-0.3, -0.25) is 0 Å². The third-order valence-electron chi connectivity index (χ3n) is 2.42. The molecule has 0 spiro atoms. The van der Waals surface area contributed by atoms with Crippen molar-refractivity contribution in [3.63, 3.8) is 0 Å². The number of ether oxygens (including phenoxy) is 1. The van der Waals surface area contributed by atoms with Crippen molar-refractivity contribution in [2.75, 3.05) is 0 Å². The summed E-state index contributed by atoms with van der Waals surface area (Å²) in [5.74, 6) is -0.423. The number of hydrogen-bond donors (Lipinski definition) is 0. The van der Waals surface area contributed by atoms with Gasteiger partial charge in [0, 0.05) is 6.08 Å². The van der Waals surface area contributed by atoms with Crippen molar-refractivity contribution in [2.24, 2.45) is 0 Å². The quantitative estimate of drug-likeness (QED) is 0.453. The van der Waals surface area contributed by atoms with Crippen LogP contribution in [0.4, 0.5) is 0 Å². The number of fused-ring (bicyclic) bond motifs is 1. The Balaban J connectivity index is 2.36. The Morgan fingerprint density at radius 1 is 1.12 bits per heavy atom. The lowest BCUT2D eigenvalue weighted by Gasteiger charge is -2.01. The largest absolute Gasteiger partial charge is 0.432 e. The Kier molecular flexibility index (Phi) is 3.36. The van der Waals surface area contributed by atoms with E-state index in [9.17, 15) is 4.79 Å². The van der Waals surface area contributed by atoms with Gasteiger partial charge in [0.2, 0.25) is 0 Å². The van der Waals surface area contributed by atoms with Gasteiger partial charge in [-0.05, 0) is 22.4 Å². The molecule has 17 heavy (non-hydrogen) atoms. The zero-order valence-corrected chi connectivity index (χ0v) is 9.30. The average molecular weight is 224 g/mol. The first-order valence-corrected chi connectivity index (χ1v) is 5.28. The molecule has 0 saturated heterocycles. The second-order valence-electron chi connectivity index (χ2n) is 3.51. The van der Waals surface area contributed by atoms with Crippen molar-refractivity contribution < 1.29 is 9.53 Å². The number of carbonyl (C=O) groups excluding carboxylic acids is 1. The second kappa shape index (κ2) is 5.12. The van der Waals surface area contributed by atoms with E-state index in [0.717, 1.165) is 22.6 Å². The third-order valence-corrected chi connectivity index (χ3v) is 2.42. The molecule has 0 aliphatic heterocycles. The molecule has 0 atom stereocenters. The number of benzene rings is 2. The predicted octanol–water partition coefficient (Wildman–Crippen LogP) is 3.54. The summed E-state index contributed by atoms with van der Waals surface area (Å²) in [4.78, 5) is 11.2. The molecule has 0 radical (unpaired) electrons. The molecule has 0 aliphatic rings. The molecule has 84 valence electrons. The molecule has 2 aromatic rings. The molecule has 2 rings (SSSR count). The van der Waals surface area contributed by atoms with E-state index >= 15 is 0 Å². The van der Waals surface area contributed by atoms with Gasteiger partial charge in [-0.15, -0.1) is 0 Å². The van der Waals surface area contributed by atoms with E-state index in [4.69, 9.17) is 0 Å². The Bertz CT molecular complexity index is 577. The number of esters is 1. The van der Waals surface area contributed by atoms with E-state index in [2.05, 4.69) is 11.3 Å². The summed E-state index contributed by atoms with van der Waals surface area (Å²) in [6, 6.07) is 14.0. The highest BCUT2D eigenvalue weighted by atomic mass is 16.5. The van der Waals surface area contributed by atoms with Crippen molar-refractivity contribution in [3.05, 3.63) is 66.9 Å². The van der Waals surface area contributed by atoms with Crippen LogP contribution in [0.1, 0.15) is 5.56 Å². The molecule has 0 aromatic heterocycles. The predicted molar refractivity (Wildman–Crippen MR) is 69.3 cm³/mol. The van der Waals surface area contributed by atoms with Crippen molar-refractivity contribution in [1.82, 2.24) is 0 Å². The molecule has 0 unspecified atom stereocenters. The standard InChI is InChI=1S/C15H12O2/c1-2-17-15(16)11-10-13-8-5-7-12-6-3-4-9-14(12)13/h2-11H,1H2. The molecular weight excluding hydrogens is 212 g/mol. The lowest BCUT2D eigenvalue weighted by atomic mass is 10.0. The fraction of sp³-hybridized carbons (Fsp3) is 0. The Morgan fingerprint density at radius 2 is 1.88 bits per heavy atom. The van der Waals surface area contributed by atoms with Gasteiger partial charge in [-0.25, -0.2) is 4.79 Å². The third kappa shape index (κ3) is 2.61. The van der Waals surface area contributed by atoms with Gasteiger partial charge in [0.25, 0.3) is 0 Å². The van der Waals surface area contributed by atoms with Crippen LogP contribution in [-0.4, -0.2) is 5.97 Å². The summed E-state index contributed by atoms with van der Waals surface area (Å²) >= 11 is 0. The van der Waals surface area contributed by atoms with Crippen molar-refractivity contribution in [3.8, 4) is 0 Å². The zero-order chi connectivity index (χ0) is 12.1. The minimum absolute atomic E-state index is 0.423. The highest BCUT2D eigenvalue weighted by molar-refractivity contribution is 5.94. The highest BCUT2D eigenvalue weighted by Crippen LogP contribution is 2.19. The van der Waals surface area contributed by atoms with E-state index in [0.29, 0.717) is 0 Å². The van der Waals surface area contributed by atoms with Crippen LogP contribution in [0, 0.1) is 0 Å². The molecule has 0 heterocycles. The smallest absolute Gasteiger partial charge is 0.335 e. The SMILES string of the molecule is C=COC(=O)C=Cc1cccc2ccccc12. The molecule has 0 N–H and O–H groups in total. The monoisotopic (exact) mass is 224 g/mol. The van der Waals surface area contributed by atoms with Crippen LogP contribution in [0.5, 0.6) is 0 Å². The zero-order valence-electron chi connectivity index (χ0n) is 9.30. The molecule has 2 aromatic carbocycles. The van der Waals surface area contributed by atoms with Gasteiger partial charge >= 0.3 is 5.97 Å². The van der Waals surface area contributed by atoms with E-state index in [-0.39, 0.29) is 0 Å². The van der Waals surface area contributed by atoms with Crippen molar-refractivity contribution >= 4 is 22.8 Å². The summed E-state index contributed by atoms with van der Waals surface area (Å²) < 4.78 is 4.61. The maximum absolute atomic E-state index is 11.2. The fourth-order valence-electron chi connectivity index (χ4n) is 1.68. The van der Waals surface area contributed by atoms with Crippen LogP contribution in [0.2, 0.25) is 0 Å². The topological polar surface area (TPSA) is 26.3 Å². The fourth-order valence-corrected chi connectivity index (χ4v) is 1.68. The summed E-state index contributed by atoms with van der Waals surface area (Å²) in [5, 5.41) is 2.25. The summed E-state index contributed by atoms with van der Waals surface area (Å²) in [6.07, 6.45) is 4.26. The normalized spacial score (nSPS) is 10.6. The summed E-state index contributed by atoms with van der Waals surface area (Å²) in [7, 11) is 0. The van der Waals surface area contributed by atoms with Gasteiger partial charge in [0.05, 0.1) is 6.26 Å². The molecule has 0 aliphatic carbocycles. The first-order valence-electron chi connectivity index (χ1n) is 5.28. The number of rotatable bonds is 3. The average Bonchev–Trinajstić information content (AvgIpc) is 2.36. The molecule has 0 saturated carbocycles. The van der Waals surface area contributed by atoms with E-state index < -0.39 is 5.97 Å².